The minimum atomic E-state index is -1.22. The number of pyridine rings is 1. The second-order valence-electron chi connectivity index (χ2n) is 8.65. The van der Waals surface area contributed by atoms with Crippen LogP contribution in [0.5, 0.6) is 0 Å². The normalized spacial score (nSPS) is 10.4. The maximum atomic E-state index is 8.64. The van der Waals surface area contributed by atoms with Gasteiger partial charge in [0.1, 0.15) is 6.15 Å². The average Bonchev–Trinajstić information content (AvgIpc) is 2.97. The zero-order chi connectivity index (χ0) is 25.1. The molecule has 0 fully saturated rings. The number of allylic oxidation sites excluding steroid dienone is 1. The van der Waals surface area contributed by atoms with E-state index in [1.165, 1.54) is 21.9 Å². The van der Waals surface area contributed by atoms with Crippen molar-refractivity contribution in [2.24, 2.45) is 0 Å². The topological polar surface area (TPSA) is 27.7 Å². The SMILES string of the molecule is C=CC[n+]1ccccc1C#N.c1ccc([B-](c2ccccc2)(c2ccccc2)c2ccccc2)cc1. The van der Waals surface area contributed by atoms with Crippen molar-refractivity contribution < 1.29 is 4.57 Å². The number of aromatic nitrogens is 1. The van der Waals surface area contributed by atoms with Crippen molar-refractivity contribution in [1.82, 2.24) is 0 Å². The molecule has 0 amide bonds. The maximum Gasteiger partial charge on any atom is 0.283 e. The summed E-state index contributed by atoms with van der Waals surface area (Å²) in [6.07, 6.45) is 2.41. The van der Waals surface area contributed by atoms with Crippen molar-refractivity contribution in [1.29, 1.82) is 5.26 Å². The van der Waals surface area contributed by atoms with Gasteiger partial charge in [-0.25, -0.2) is 0 Å². The number of nitriles is 1. The molecule has 174 valence electrons. The highest BCUT2D eigenvalue weighted by Gasteiger charge is 2.31. The highest BCUT2D eigenvalue weighted by atomic mass is 14.9. The standard InChI is InChI=1S/C24H20B.C9H9N2/c1-5-13-21(14-6-1)25(22-15-7-2-8-16-22,23-17-9-3-10-18-23)24-19-11-4-12-20-24;1-2-6-11-7-4-3-5-9(11)8-10/h1-20H;2-5,7H,1,6H2/q-1;+1. The Morgan fingerprint density at radius 2 is 0.944 bits per heavy atom. The van der Waals surface area contributed by atoms with Gasteiger partial charge in [-0.15, -0.1) is 0 Å². The molecule has 5 rings (SSSR count). The molecule has 0 atom stereocenters. The van der Waals surface area contributed by atoms with E-state index in [1.807, 2.05) is 22.9 Å². The van der Waals surface area contributed by atoms with Crippen molar-refractivity contribution in [3.05, 3.63) is 164 Å². The van der Waals surface area contributed by atoms with E-state index in [2.05, 4.69) is 134 Å². The van der Waals surface area contributed by atoms with Gasteiger partial charge in [0.2, 0.25) is 0 Å². The van der Waals surface area contributed by atoms with Crippen LogP contribution in [0.1, 0.15) is 5.69 Å². The Balaban J connectivity index is 0.000000233. The Bertz CT molecular complexity index is 1250. The van der Waals surface area contributed by atoms with Gasteiger partial charge in [-0.3, -0.25) is 0 Å². The molecule has 0 spiro atoms. The molecular formula is C33H29BN2. The van der Waals surface area contributed by atoms with Gasteiger partial charge in [-0.2, -0.15) is 31.7 Å². The monoisotopic (exact) mass is 464 g/mol. The number of benzene rings is 4. The fraction of sp³-hybridized carbons (Fsp3) is 0.0303. The summed E-state index contributed by atoms with van der Waals surface area (Å²) in [4.78, 5) is 0. The minimum Gasteiger partial charge on any atom is -0.195 e. The smallest absolute Gasteiger partial charge is 0.195 e. The van der Waals surface area contributed by atoms with Gasteiger partial charge >= 0.3 is 0 Å². The van der Waals surface area contributed by atoms with Crippen molar-refractivity contribution in [2.75, 3.05) is 0 Å². The van der Waals surface area contributed by atoms with Crippen molar-refractivity contribution in [3.63, 3.8) is 0 Å². The molecule has 5 aromatic rings. The molecular weight excluding hydrogens is 435 g/mol. The predicted molar refractivity (Wildman–Crippen MR) is 152 cm³/mol. The lowest BCUT2D eigenvalue weighted by Gasteiger charge is -2.44. The van der Waals surface area contributed by atoms with Crippen LogP contribution in [0.2, 0.25) is 0 Å². The first-order valence-electron chi connectivity index (χ1n) is 12.2. The quantitative estimate of drug-likeness (QED) is 0.211. The van der Waals surface area contributed by atoms with Crippen LogP contribution in [0.3, 0.4) is 0 Å². The van der Waals surface area contributed by atoms with E-state index in [0.717, 1.165) is 0 Å². The first kappa shape index (κ1) is 24.4. The van der Waals surface area contributed by atoms with E-state index >= 15 is 0 Å². The fourth-order valence-electron chi connectivity index (χ4n) is 5.00. The van der Waals surface area contributed by atoms with E-state index in [-0.39, 0.29) is 0 Å². The van der Waals surface area contributed by atoms with Gasteiger partial charge in [0.15, 0.2) is 18.8 Å². The van der Waals surface area contributed by atoms with Gasteiger partial charge in [0, 0.05) is 12.1 Å². The van der Waals surface area contributed by atoms with E-state index in [9.17, 15) is 0 Å². The lowest BCUT2D eigenvalue weighted by atomic mass is 9.13. The molecule has 0 unspecified atom stereocenters. The molecule has 0 aliphatic rings. The van der Waals surface area contributed by atoms with Crippen LogP contribution in [0.25, 0.3) is 0 Å². The van der Waals surface area contributed by atoms with Gasteiger partial charge < -0.3 is 0 Å². The Labute approximate surface area is 214 Å². The third kappa shape index (κ3) is 5.19. The molecule has 1 aromatic heterocycles. The summed E-state index contributed by atoms with van der Waals surface area (Å²) in [5.41, 5.74) is 6.02. The molecule has 0 saturated heterocycles. The van der Waals surface area contributed by atoms with Gasteiger partial charge in [0.25, 0.3) is 5.69 Å². The summed E-state index contributed by atoms with van der Waals surface area (Å²) in [6, 6.07) is 51.1. The molecule has 3 heteroatoms. The van der Waals surface area contributed by atoms with Crippen LogP contribution in [0, 0.1) is 11.3 Å². The number of nitrogens with zero attached hydrogens (tertiary/aromatic N) is 2. The van der Waals surface area contributed by atoms with Gasteiger partial charge in [0.05, 0.1) is 0 Å². The second-order valence-corrected chi connectivity index (χ2v) is 8.65. The highest BCUT2D eigenvalue weighted by molar-refractivity contribution is 7.19. The van der Waals surface area contributed by atoms with E-state index in [4.69, 9.17) is 5.26 Å². The summed E-state index contributed by atoms with van der Waals surface area (Å²) in [5, 5.41) is 8.64. The summed E-state index contributed by atoms with van der Waals surface area (Å²) in [5.74, 6) is 0. The molecule has 0 bridgehead atoms. The summed E-state index contributed by atoms with van der Waals surface area (Å²) in [6.45, 7) is 4.29. The lowest BCUT2D eigenvalue weighted by molar-refractivity contribution is -0.689. The molecule has 0 radical (unpaired) electrons. The molecule has 0 N–H and O–H groups in total. The minimum absolute atomic E-state index is 0.660. The van der Waals surface area contributed by atoms with Gasteiger partial charge in [-0.05, 0) is 12.1 Å². The number of hydrogen-bond donors (Lipinski definition) is 0. The number of rotatable bonds is 6. The molecule has 4 aromatic carbocycles. The van der Waals surface area contributed by atoms with Crippen LogP contribution < -0.4 is 26.4 Å². The fourth-order valence-corrected chi connectivity index (χ4v) is 5.00. The third-order valence-electron chi connectivity index (χ3n) is 6.58. The summed E-state index contributed by atoms with van der Waals surface area (Å²) < 4.78 is 1.84. The summed E-state index contributed by atoms with van der Waals surface area (Å²) >= 11 is 0. The Kier molecular flexibility index (Phi) is 8.25. The van der Waals surface area contributed by atoms with Gasteiger partial charge in [-0.1, -0.05) is 128 Å². The van der Waals surface area contributed by atoms with E-state index < -0.39 is 6.15 Å². The lowest BCUT2D eigenvalue weighted by Crippen LogP contribution is -2.74. The van der Waals surface area contributed by atoms with Crippen molar-refractivity contribution in [3.8, 4) is 6.07 Å². The van der Waals surface area contributed by atoms with Crippen molar-refractivity contribution in [2.45, 2.75) is 6.54 Å². The Hall–Kier alpha value is -4.68. The van der Waals surface area contributed by atoms with E-state index in [1.54, 1.807) is 12.1 Å². The van der Waals surface area contributed by atoms with Crippen LogP contribution in [0.4, 0.5) is 0 Å². The Morgan fingerprint density at radius 1 is 0.583 bits per heavy atom. The molecule has 1 heterocycles. The molecule has 0 saturated carbocycles. The zero-order valence-electron chi connectivity index (χ0n) is 20.3. The summed E-state index contributed by atoms with van der Waals surface area (Å²) in [7, 11) is 0. The van der Waals surface area contributed by atoms with E-state index in [0.29, 0.717) is 12.2 Å². The zero-order valence-corrected chi connectivity index (χ0v) is 20.3. The maximum absolute atomic E-state index is 8.64. The molecule has 2 nitrogen and oxygen atoms in total. The first-order chi connectivity index (χ1) is 17.8. The highest BCUT2D eigenvalue weighted by Crippen LogP contribution is 2.09. The third-order valence-corrected chi connectivity index (χ3v) is 6.58. The molecule has 36 heavy (non-hydrogen) atoms. The van der Waals surface area contributed by atoms with Crippen LogP contribution in [-0.4, -0.2) is 6.15 Å². The van der Waals surface area contributed by atoms with Crippen LogP contribution in [0.15, 0.2) is 158 Å². The molecule has 0 aliphatic carbocycles. The van der Waals surface area contributed by atoms with Crippen LogP contribution in [-0.2, 0) is 6.54 Å². The largest absolute Gasteiger partial charge is 0.283 e. The first-order valence-corrected chi connectivity index (χ1v) is 12.2. The number of hydrogen-bond acceptors (Lipinski definition) is 1. The average molecular weight is 464 g/mol. The van der Waals surface area contributed by atoms with Crippen LogP contribution >= 0.6 is 0 Å². The van der Waals surface area contributed by atoms with Crippen molar-refractivity contribution >= 4 is 28.0 Å². The molecule has 0 aliphatic heterocycles. The Morgan fingerprint density at radius 3 is 1.28 bits per heavy atom. The predicted octanol–water partition coefficient (Wildman–Crippen LogP) is 4.10. The second kappa shape index (κ2) is 12.2.